The average Bonchev–Trinajstić information content (AvgIpc) is 2.42. The first-order valence-electron chi connectivity index (χ1n) is 6.33. The van der Waals surface area contributed by atoms with E-state index < -0.39 is 36.2 Å². The van der Waals surface area contributed by atoms with Gasteiger partial charge in [-0.3, -0.25) is 9.59 Å². The summed E-state index contributed by atoms with van der Waals surface area (Å²) in [5.74, 6) is -3.33. The van der Waals surface area contributed by atoms with Gasteiger partial charge in [0.25, 0.3) is 11.8 Å². The molecule has 114 valence electrons. The van der Waals surface area contributed by atoms with Crippen molar-refractivity contribution in [1.29, 1.82) is 0 Å². The number of primary amides is 1. The number of halogens is 1. The van der Waals surface area contributed by atoms with Crippen LogP contribution in [0.2, 0.25) is 0 Å². The van der Waals surface area contributed by atoms with Crippen LogP contribution in [0, 0.1) is 11.7 Å². The van der Waals surface area contributed by atoms with E-state index in [1.807, 2.05) is 0 Å². The molecule has 0 aliphatic carbocycles. The highest BCUT2D eigenvalue weighted by Gasteiger charge is 2.27. The lowest BCUT2D eigenvalue weighted by Gasteiger charge is -2.20. The summed E-state index contributed by atoms with van der Waals surface area (Å²) < 4.78 is 18.2. The molecule has 1 atom stereocenters. The van der Waals surface area contributed by atoms with Crippen LogP contribution >= 0.6 is 0 Å². The van der Waals surface area contributed by atoms with Crippen molar-refractivity contribution in [3.8, 4) is 0 Å². The first-order chi connectivity index (χ1) is 9.82. The van der Waals surface area contributed by atoms with Gasteiger partial charge in [0.2, 0.25) is 0 Å². The number of rotatable bonds is 6. The van der Waals surface area contributed by atoms with Crippen LogP contribution in [-0.4, -0.2) is 30.4 Å². The predicted molar refractivity (Wildman–Crippen MR) is 72.6 cm³/mol. The van der Waals surface area contributed by atoms with Crippen LogP contribution in [0.15, 0.2) is 24.3 Å². The molecule has 2 amide bonds. The van der Waals surface area contributed by atoms with Crippen LogP contribution in [-0.2, 0) is 14.3 Å². The third-order valence-corrected chi connectivity index (χ3v) is 2.68. The van der Waals surface area contributed by atoms with Crippen molar-refractivity contribution in [2.24, 2.45) is 11.7 Å². The van der Waals surface area contributed by atoms with E-state index in [9.17, 15) is 18.8 Å². The highest BCUT2D eigenvalue weighted by Crippen LogP contribution is 2.09. The van der Waals surface area contributed by atoms with E-state index in [1.54, 1.807) is 13.8 Å². The first kappa shape index (κ1) is 16.6. The molecular weight excluding hydrogens is 279 g/mol. The Morgan fingerprint density at radius 1 is 1.29 bits per heavy atom. The molecule has 7 heteroatoms. The van der Waals surface area contributed by atoms with E-state index in [-0.39, 0.29) is 11.5 Å². The minimum atomic E-state index is -1.00. The highest BCUT2D eigenvalue weighted by molar-refractivity contribution is 5.97. The second-order valence-electron chi connectivity index (χ2n) is 4.75. The van der Waals surface area contributed by atoms with Crippen molar-refractivity contribution in [1.82, 2.24) is 5.32 Å². The van der Waals surface area contributed by atoms with E-state index >= 15 is 0 Å². The normalized spacial score (nSPS) is 11.8. The monoisotopic (exact) mass is 296 g/mol. The minimum absolute atomic E-state index is 0.175. The van der Waals surface area contributed by atoms with E-state index in [1.165, 1.54) is 18.2 Å². The van der Waals surface area contributed by atoms with Crippen LogP contribution < -0.4 is 11.1 Å². The van der Waals surface area contributed by atoms with Crippen LogP contribution in [0.3, 0.4) is 0 Å². The number of carbonyl (C=O) groups is 3. The Balaban J connectivity index is 2.79. The van der Waals surface area contributed by atoms with Crippen molar-refractivity contribution in [2.45, 2.75) is 19.9 Å². The smallest absolute Gasteiger partial charge is 0.329 e. The summed E-state index contributed by atoms with van der Waals surface area (Å²) in [5.41, 5.74) is 4.70. The zero-order valence-electron chi connectivity index (χ0n) is 11.8. The quantitative estimate of drug-likeness (QED) is 0.751. The number of hydrogen-bond donors (Lipinski definition) is 2. The Morgan fingerprint density at radius 2 is 1.90 bits per heavy atom. The van der Waals surface area contributed by atoms with Crippen LogP contribution in [0.1, 0.15) is 24.2 Å². The molecule has 0 radical (unpaired) electrons. The summed E-state index contributed by atoms with van der Waals surface area (Å²) in [6.07, 6.45) is 0. The predicted octanol–water partition coefficient (Wildman–Crippen LogP) is 0.609. The fourth-order valence-electron chi connectivity index (χ4n) is 1.59. The number of nitrogens with two attached hydrogens (primary N) is 1. The van der Waals surface area contributed by atoms with E-state index in [0.717, 1.165) is 6.07 Å². The van der Waals surface area contributed by atoms with Crippen LogP contribution in [0.5, 0.6) is 0 Å². The van der Waals surface area contributed by atoms with Crippen molar-refractivity contribution < 1.29 is 23.5 Å². The van der Waals surface area contributed by atoms with Gasteiger partial charge in [-0.1, -0.05) is 26.0 Å². The maximum Gasteiger partial charge on any atom is 0.329 e. The van der Waals surface area contributed by atoms with Gasteiger partial charge in [0.1, 0.15) is 11.9 Å². The fourth-order valence-corrected chi connectivity index (χ4v) is 1.59. The fraction of sp³-hybridized carbons (Fsp3) is 0.357. The number of amides is 2. The number of benzene rings is 1. The second kappa shape index (κ2) is 7.37. The summed E-state index contributed by atoms with van der Waals surface area (Å²) in [5, 5.41) is 2.39. The first-order valence-corrected chi connectivity index (χ1v) is 6.33. The Morgan fingerprint density at radius 3 is 2.43 bits per heavy atom. The largest absolute Gasteiger partial charge is 0.454 e. The van der Waals surface area contributed by atoms with Crippen molar-refractivity contribution in [3.05, 3.63) is 35.6 Å². The molecule has 0 heterocycles. The van der Waals surface area contributed by atoms with Crippen LogP contribution in [0.25, 0.3) is 0 Å². The SMILES string of the molecule is CC(C)[C@H](NC(=O)c1ccccc1F)C(=O)OCC(N)=O. The lowest BCUT2D eigenvalue weighted by molar-refractivity contribution is -0.150. The van der Waals surface area contributed by atoms with Gasteiger partial charge in [0.05, 0.1) is 5.56 Å². The van der Waals surface area contributed by atoms with Gasteiger partial charge in [0.15, 0.2) is 6.61 Å². The number of esters is 1. The zero-order valence-corrected chi connectivity index (χ0v) is 11.8. The Labute approximate surface area is 121 Å². The summed E-state index contributed by atoms with van der Waals surface area (Å²) in [6.45, 7) is 2.78. The van der Waals surface area contributed by atoms with Crippen LogP contribution in [0.4, 0.5) is 4.39 Å². The molecule has 1 aromatic rings. The van der Waals surface area contributed by atoms with Gasteiger partial charge in [0, 0.05) is 0 Å². The average molecular weight is 296 g/mol. The molecule has 0 saturated heterocycles. The molecule has 0 saturated carbocycles. The molecule has 6 nitrogen and oxygen atoms in total. The molecule has 21 heavy (non-hydrogen) atoms. The van der Waals surface area contributed by atoms with Crippen molar-refractivity contribution in [3.63, 3.8) is 0 Å². The van der Waals surface area contributed by atoms with Gasteiger partial charge in [-0.2, -0.15) is 0 Å². The lowest BCUT2D eigenvalue weighted by atomic mass is 10.0. The molecule has 1 rings (SSSR count). The van der Waals surface area contributed by atoms with Crippen molar-refractivity contribution in [2.75, 3.05) is 6.61 Å². The number of carbonyl (C=O) groups excluding carboxylic acids is 3. The molecule has 0 unspecified atom stereocenters. The topological polar surface area (TPSA) is 98.5 Å². The van der Waals surface area contributed by atoms with Gasteiger partial charge in [-0.15, -0.1) is 0 Å². The number of hydrogen-bond acceptors (Lipinski definition) is 4. The Kier molecular flexibility index (Phi) is 5.83. The van der Waals surface area contributed by atoms with Gasteiger partial charge < -0.3 is 15.8 Å². The third kappa shape index (κ3) is 4.87. The molecule has 1 aromatic carbocycles. The molecule has 0 bridgehead atoms. The van der Waals surface area contributed by atoms with Gasteiger partial charge in [-0.05, 0) is 18.1 Å². The standard InChI is InChI=1S/C14H17FN2O4/c1-8(2)12(14(20)21-7-11(16)18)17-13(19)9-5-3-4-6-10(9)15/h3-6,8,12H,7H2,1-2H3,(H2,16,18)(H,17,19)/t12-/m0/s1. The number of nitrogens with one attached hydrogen (secondary N) is 1. The summed E-state index contributed by atoms with van der Waals surface area (Å²) in [6, 6.07) is 4.40. The molecule has 0 spiro atoms. The molecule has 0 fully saturated rings. The summed E-state index contributed by atoms with van der Waals surface area (Å²) in [4.78, 5) is 34.4. The Hall–Kier alpha value is -2.44. The molecular formula is C14H17FN2O4. The number of ether oxygens (including phenoxy) is 1. The van der Waals surface area contributed by atoms with E-state index in [2.05, 4.69) is 10.1 Å². The highest BCUT2D eigenvalue weighted by atomic mass is 19.1. The van der Waals surface area contributed by atoms with Gasteiger partial charge >= 0.3 is 5.97 Å². The minimum Gasteiger partial charge on any atom is -0.454 e. The third-order valence-electron chi connectivity index (χ3n) is 2.68. The maximum atomic E-state index is 13.5. The second-order valence-corrected chi connectivity index (χ2v) is 4.75. The summed E-state index contributed by atoms with van der Waals surface area (Å²) >= 11 is 0. The molecule has 0 aliphatic heterocycles. The van der Waals surface area contributed by atoms with Gasteiger partial charge in [-0.25, -0.2) is 9.18 Å². The molecule has 0 aromatic heterocycles. The maximum absolute atomic E-state index is 13.5. The Bertz CT molecular complexity index is 546. The lowest BCUT2D eigenvalue weighted by Crippen LogP contribution is -2.46. The van der Waals surface area contributed by atoms with Crippen molar-refractivity contribution >= 4 is 17.8 Å². The zero-order chi connectivity index (χ0) is 16.0. The van der Waals surface area contributed by atoms with E-state index in [4.69, 9.17) is 5.73 Å². The van der Waals surface area contributed by atoms with E-state index in [0.29, 0.717) is 0 Å². The molecule has 0 aliphatic rings. The molecule has 3 N–H and O–H groups in total. The summed E-state index contributed by atoms with van der Waals surface area (Å²) in [7, 11) is 0.